The molecular formula is C15H17FO3. The van der Waals surface area contributed by atoms with Gasteiger partial charge in [0.2, 0.25) is 0 Å². The molecule has 0 spiro atoms. The van der Waals surface area contributed by atoms with Crippen molar-refractivity contribution in [2.45, 2.75) is 32.1 Å². The van der Waals surface area contributed by atoms with Gasteiger partial charge >= 0.3 is 0 Å². The SMILES string of the molecule is O=Cc1ccc(OCC(=O)C2CCCCC2)c(F)c1. The predicted molar refractivity (Wildman–Crippen MR) is 68.9 cm³/mol. The van der Waals surface area contributed by atoms with Gasteiger partial charge in [0.15, 0.2) is 17.3 Å². The van der Waals surface area contributed by atoms with Crippen LogP contribution in [-0.4, -0.2) is 18.7 Å². The van der Waals surface area contributed by atoms with Gasteiger partial charge in [-0.25, -0.2) is 4.39 Å². The van der Waals surface area contributed by atoms with Crippen LogP contribution in [0.5, 0.6) is 5.75 Å². The molecular weight excluding hydrogens is 247 g/mol. The van der Waals surface area contributed by atoms with E-state index in [1.54, 1.807) is 0 Å². The van der Waals surface area contributed by atoms with Crippen molar-refractivity contribution in [3.63, 3.8) is 0 Å². The van der Waals surface area contributed by atoms with Crippen LogP contribution in [0, 0.1) is 11.7 Å². The van der Waals surface area contributed by atoms with Crippen molar-refractivity contribution in [2.75, 3.05) is 6.61 Å². The Labute approximate surface area is 111 Å². The molecule has 1 fully saturated rings. The van der Waals surface area contributed by atoms with Crippen LogP contribution < -0.4 is 4.74 Å². The van der Waals surface area contributed by atoms with Crippen molar-refractivity contribution >= 4 is 12.1 Å². The van der Waals surface area contributed by atoms with Crippen LogP contribution in [0.15, 0.2) is 18.2 Å². The summed E-state index contributed by atoms with van der Waals surface area (Å²) in [6, 6.07) is 3.96. The summed E-state index contributed by atoms with van der Waals surface area (Å²) in [6.45, 7) is -0.0952. The van der Waals surface area contributed by atoms with Gasteiger partial charge in [0.25, 0.3) is 0 Å². The first-order valence-electron chi connectivity index (χ1n) is 6.61. The Balaban J connectivity index is 1.91. The Morgan fingerprint density at radius 1 is 1.32 bits per heavy atom. The first-order valence-corrected chi connectivity index (χ1v) is 6.61. The van der Waals surface area contributed by atoms with Gasteiger partial charge in [-0.1, -0.05) is 19.3 Å². The highest BCUT2D eigenvalue weighted by Crippen LogP contribution is 2.25. The number of hydrogen-bond acceptors (Lipinski definition) is 3. The Kier molecular flexibility index (Phi) is 4.66. The van der Waals surface area contributed by atoms with E-state index >= 15 is 0 Å². The molecule has 4 heteroatoms. The van der Waals surface area contributed by atoms with Gasteiger partial charge in [-0.15, -0.1) is 0 Å². The van der Waals surface area contributed by atoms with Gasteiger partial charge in [0, 0.05) is 11.5 Å². The highest BCUT2D eigenvalue weighted by atomic mass is 19.1. The van der Waals surface area contributed by atoms with Crippen molar-refractivity contribution < 1.29 is 18.7 Å². The van der Waals surface area contributed by atoms with Crippen molar-refractivity contribution in [3.8, 4) is 5.75 Å². The van der Waals surface area contributed by atoms with E-state index in [9.17, 15) is 14.0 Å². The number of Topliss-reactive ketones (excluding diaryl/α,β-unsaturated/α-hetero) is 1. The normalized spacial score (nSPS) is 16.1. The van der Waals surface area contributed by atoms with Crippen LogP contribution in [0.2, 0.25) is 0 Å². The molecule has 0 saturated heterocycles. The van der Waals surface area contributed by atoms with Gasteiger partial charge in [-0.2, -0.15) is 0 Å². The van der Waals surface area contributed by atoms with E-state index in [2.05, 4.69) is 0 Å². The number of aldehydes is 1. The number of hydrogen-bond donors (Lipinski definition) is 0. The minimum atomic E-state index is -0.610. The lowest BCUT2D eigenvalue weighted by molar-refractivity contribution is -0.125. The Hall–Kier alpha value is -1.71. The van der Waals surface area contributed by atoms with Crippen LogP contribution in [0.4, 0.5) is 4.39 Å². The molecule has 1 aromatic rings. The lowest BCUT2D eigenvalue weighted by Crippen LogP contribution is -2.23. The van der Waals surface area contributed by atoms with Gasteiger partial charge in [-0.3, -0.25) is 9.59 Å². The van der Waals surface area contributed by atoms with Crippen LogP contribution in [0.3, 0.4) is 0 Å². The lowest BCUT2D eigenvalue weighted by Gasteiger charge is -2.20. The average molecular weight is 264 g/mol. The molecule has 0 atom stereocenters. The molecule has 0 heterocycles. The lowest BCUT2D eigenvalue weighted by atomic mass is 9.86. The second-order valence-electron chi connectivity index (χ2n) is 4.90. The molecule has 1 aliphatic carbocycles. The van der Waals surface area contributed by atoms with Crippen molar-refractivity contribution in [1.82, 2.24) is 0 Å². The van der Waals surface area contributed by atoms with E-state index < -0.39 is 5.82 Å². The minimum absolute atomic E-state index is 0.0229. The molecule has 0 N–H and O–H groups in total. The summed E-state index contributed by atoms with van der Waals surface area (Å²) in [5.41, 5.74) is 0.253. The number of halogens is 1. The zero-order valence-corrected chi connectivity index (χ0v) is 10.7. The summed E-state index contributed by atoms with van der Waals surface area (Å²) in [7, 11) is 0. The molecule has 0 unspecified atom stereocenters. The first-order chi connectivity index (χ1) is 9.20. The van der Waals surface area contributed by atoms with Crippen LogP contribution in [0.25, 0.3) is 0 Å². The fourth-order valence-corrected chi connectivity index (χ4v) is 2.40. The summed E-state index contributed by atoms with van der Waals surface area (Å²) in [4.78, 5) is 22.4. The number of ether oxygens (including phenoxy) is 1. The summed E-state index contributed by atoms with van der Waals surface area (Å²) < 4.78 is 18.7. The standard InChI is InChI=1S/C15H17FO3/c16-13-8-11(9-17)6-7-15(13)19-10-14(18)12-4-2-1-3-5-12/h6-9,12H,1-5,10H2. The Morgan fingerprint density at radius 3 is 2.68 bits per heavy atom. The molecule has 2 rings (SSSR count). The maximum atomic E-state index is 13.5. The van der Waals surface area contributed by atoms with Crippen LogP contribution in [-0.2, 0) is 4.79 Å². The second-order valence-corrected chi connectivity index (χ2v) is 4.90. The van der Waals surface area contributed by atoms with E-state index in [0.717, 1.165) is 31.7 Å². The maximum Gasteiger partial charge on any atom is 0.173 e. The van der Waals surface area contributed by atoms with E-state index in [4.69, 9.17) is 4.74 Å². The third-order valence-corrected chi connectivity index (χ3v) is 3.52. The van der Waals surface area contributed by atoms with Crippen LogP contribution in [0.1, 0.15) is 42.5 Å². The number of rotatable bonds is 5. The maximum absolute atomic E-state index is 13.5. The summed E-state index contributed by atoms with van der Waals surface area (Å²) in [5, 5.41) is 0. The van der Waals surface area contributed by atoms with Crippen molar-refractivity contribution in [2.24, 2.45) is 5.92 Å². The third kappa shape index (κ3) is 3.63. The van der Waals surface area contributed by atoms with Gasteiger partial charge < -0.3 is 4.74 Å². The molecule has 1 saturated carbocycles. The average Bonchev–Trinajstić information content (AvgIpc) is 2.46. The van der Waals surface area contributed by atoms with E-state index in [1.807, 2.05) is 0 Å². The molecule has 19 heavy (non-hydrogen) atoms. The Bertz CT molecular complexity index is 464. The van der Waals surface area contributed by atoms with E-state index in [0.29, 0.717) is 6.29 Å². The topological polar surface area (TPSA) is 43.4 Å². The van der Waals surface area contributed by atoms with Crippen LogP contribution >= 0.6 is 0 Å². The summed E-state index contributed by atoms with van der Waals surface area (Å²) in [5.74, 6) is -0.486. The number of carbonyl (C=O) groups is 2. The Morgan fingerprint density at radius 2 is 2.05 bits per heavy atom. The molecule has 0 aromatic heterocycles. The van der Waals surface area contributed by atoms with Gasteiger partial charge in [-0.05, 0) is 31.0 Å². The van der Waals surface area contributed by atoms with Gasteiger partial charge in [0.1, 0.15) is 12.9 Å². The summed E-state index contributed by atoms with van der Waals surface area (Å²) >= 11 is 0. The van der Waals surface area contributed by atoms with Crippen molar-refractivity contribution in [3.05, 3.63) is 29.6 Å². The van der Waals surface area contributed by atoms with Gasteiger partial charge in [0.05, 0.1) is 0 Å². The second kappa shape index (κ2) is 6.45. The van der Waals surface area contributed by atoms with E-state index in [1.165, 1.54) is 18.6 Å². The molecule has 1 aromatic carbocycles. The van der Waals surface area contributed by atoms with Crippen molar-refractivity contribution in [1.29, 1.82) is 0 Å². The fourth-order valence-electron chi connectivity index (χ4n) is 2.40. The zero-order valence-electron chi connectivity index (χ0n) is 10.7. The predicted octanol–water partition coefficient (Wildman–Crippen LogP) is 3.17. The fraction of sp³-hybridized carbons (Fsp3) is 0.467. The smallest absolute Gasteiger partial charge is 0.173 e. The number of ketones is 1. The quantitative estimate of drug-likeness (QED) is 0.767. The molecule has 0 amide bonds. The molecule has 3 nitrogen and oxygen atoms in total. The third-order valence-electron chi connectivity index (χ3n) is 3.52. The molecule has 102 valence electrons. The highest BCUT2D eigenvalue weighted by Gasteiger charge is 2.21. The highest BCUT2D eigenvalue weighted by molar-refractivity contribution is 5.82. The first kappa shape index (κ1) is 13.7. The molecule has 0 radical (unpaired) electrons. The number of carbonyl (C=O) groups excluding carboxylic acids is 2. The summed E-state index contributed by atoms with van der Waals surface area (Å²) in [6.07, 6.45) is 5.74. The minimum Gasteiger partial charge on any atom is -0.483 e. The molecule has 0 bridgehead atoms. The zero-order chi connectivity index (χ0) is 13.7. The molecule has 1 aliphatic rings. The largest absolute Gasteiger partial charge is 0.483 e. The monoisotopic (exact) mass is 264 g/mol. The molecule has 0 aliphatic heterocycles. The van der Waals surface area contributed by atoms with E-state index in [-0.39, 0.29) is 29.6 Å². The number of benzene rings is 1.